The first kappa shape index (κ1) is 23.8. The summed E-state index contributed by atoms with van der Waals surface area (Å²) in [7, 11) is 2.11. The Hall–Kier alpha value is 0.818. The van der Waals surface area contributed by atoms with Crippen molar-refractivity contribution in [3.63, 3.8) is 0 Å². The fourth-order valence-electron chi connectivity index (χ4n) is 3.41. The Bertz CT molecular complexity index is 461. The molecule has 0 amide bonds. The second-order valence-electron chi connectivity index (χ2n) is 6.70. The van der Waals surface area contributed by atoms with Gasteiger partial charge in [-0.2, -0.15) is 0 Å². The molecule has 1 heterocycles. The van der Waals surface area contributed by atoms with Gasteiger partial charge < -0.3 is 5.73 Å². The Kier molecular flexibility index (Phi) is 13.5. The quantitative estimate of drug-likeness (QED) is 0.493. The van der Waals surface area contributed by atoms with Crippen molar-refractivity contribution in [3.05, 3.63) is 16.2 Å². The van der Waals surface area contributed by atoms with E-state index in [1.165, 1.54) is 74.6 Å². The second-order valence-corrected chi connectivity index (χ2v) is 7.72. The average Bonchev–Trinajstić information content (AvgIpc) is 2.82. The summed E-state index contributed by atoms with van der Waals surface area (Å²) in [5, 5.41) is 0. The molecule has 2 fully saturated rings. The van der Waals surface area contributed by atoms with Crippen LogP contribution in [0.1, 0.15) is 64.2 Å². The first-order valence-electron chi connectivity index (χ1n) is 8.59. The van der Waals surface area contributed by atoms with Crippen LogP contribution in [0.5, 0.6) is 0 Å². The van der Waals surface area contributed by atoms with Crippen molar-refractivity contribution < 1.29 is 19.4 Å². The molecule has 0 saturated heterocycles. The fraction of sp³-hybridized carbons (Fsp3) is 0.824. The molecule has 6 heteroatoms. The number of aromatic nitrogens is 2. The Morgan fingerprint density at radius 3 is 1.87 bits per heavy atom. The molecule has 0 bridgehead atoms. The molecular weight excluding hydrogens is 601 g/mol. The zero-order valence-electron chi connectivity index (χ0n) is 14.2. The van der Waals surface area contributed by atoms with Gasteiger partial charge in [0.15, 0.2) is 0 Å². The average molecular weight is 634 g/mol. The van der Waals surface area contributed by atoms with E-state index in [1.807, 2.05) is 0 Å². The van der Waals surface area contributed by atoms with Gasteiger partial charge in [-0.25, -0.2) is 0 Å². The SMILES string of the molecule is Br.Br.Cn1ccn(CC2CCCCC2)[c]1=[Pt].NC1CCCCC1. The van der Waals surface area contributed by atoms with Crippen molar-refractivity contribution in [1.29, 1.82) is 0 Å². The first-order valence-corrected chi connectivity index (χ1v) is 9.73. The first-order chi connectivity index (χ1) is 10.2. The van der Waals surface area contributed by atoms with E-state index >= 15 is 0 Å². The van der Waals surface area contributed by atoms with Gasteiger partial charge in [-0.15, -0.1) is 34.0 Å². The number of rotatable bonds is 2. The third-order valence-electron chi connectivity index (χ3n) is 4.79. The molecule has 1 aromatic rings. The van der Waals surface area contributed by atoms with E-state index in [4.69, 9.17) is 5.73 Å². The summed E-state index contributed by atoms with van der Waals surface area (Å²) in [4.78, 5) is 0. The number of hydrogen-bond donors (Lipinski definition) is 1. The summed E-state index contributed by atoms with van der Waals surface area (Å²) in [6, 6.07) is 0.536. The van der Waals surface area contributed by atoms with E-state index in [1.54, 1.807) is 0 Å². The smallest absolute Gasteiger partial charge is 0.00388 e. The molecule has 0 spiro atoms. The maximum absolute atomic E-state index is 5.63. The summed E-state index contributed by atoms with van der Waals surface area (Å²) in [6.07, 6.45) is 18.2. The van der Waals surface area contributed by atoms with Gasteiger partial charge in [-0.05, 0) is 12.8 Å². The molecule has 1 aromatic heterocycles. The van der Waals surface area contributed by atoms with Crippen LogP contribution in [-0.2, 0) is 32.9 Å². The van der Waals surface area contributed by atoms with Crippen LogP contribution >= 0.6 is 34.0 Å². The van der Waals surface area contributed by atoms with Crippen LogP contribution in [0.25, 0.3) is 0 Å². The Morgan fingerprint density at radius 1 is 0.957 bits per heavy atom. The molecule has 2 aliphatic rings. The van der Waals surface area contributed by atoms with Crippen LogP contribution in [0, 0.1) is 9.72 Å². The summed E-state index contributed by atoms with van der Waals surface area (Å²) in [5.41, 5.74) is 5.63. The normalized spacial score (nSPS) is 19.1. The number of nitrogens with two attached hydrogens (primary N) is 1. The number of imidazole rings is 1. The summed E-state index contributed by atoms with van der Waals surface area (Å²) in [5.74, 6) is 0.921. The molecule has 140 valence electrons. The summed E-state index contributed by atoms with van der Waals surface area (Å²) in [6.45, 7) is 1.22. The molecule has 0 aliphatic heterocycles. The third-order valence-corrected chi connectivity index (χ3v) is 6.24. The Balaban J connectivity index is 0.000000463. The molecule has 3 rings (SSSR count). The van der Waals surface area contributed by atoms with Crippen LogP contribution in [0.2, 0.25) is 0 Å². The van der Waals surface area contributed by atoms with Gasteiger partial charge in [-0.3, -0.25) is 0 Å². The number of halogens is 2. The monoisotopic (exact) mass is 632 g/mol. The van der Waals surface area contributed by atoms with Crippen LogP contribution in [0.3, 0.4) is 0 Å². The van der Waals surface area contributed by atoms with Crippen LogP contribution in [-0.4, -0.2) is 15.2 Å². The zero-order chi connectivity index (χ0) is 15.1. The van der Waals surface area contributed by atoms with E-state index in [0.717, 1.165) is 5.92 Å². The predicted octanol–water partition coefficient (Wildman–Crippen LogP) is 4.92. The van der Waals surface area contributed by atoms with Gasteiger partial charge >= 0.3 is 96.3 Å². The zero-order valence-corrected chi connectivity index (χ0v) is 19.9. The van der Waals surface area contributed by atoms with Crippen molar-refractivity contribution in [1.82, 2.24) is 9.13 Å². The van der Waals surface area contributed by atoms with Gasteiger partial charge in [0.05, 0.1) is 0 Å². The van der Waals surface area contributed by atoms with Crippen molar-refractivity contribution in [2.45, 2.75) is 76.8 Å². The van der Waals surface area contributed by atoms with Crippen LogP contribution < -0.4 is 5.73 Å². The molecule has 0 unspecified atom stereocenters. The van der Waals surface area contributed by atoms with Crippen molar-refractivity contribution in [3.8, 4) is 0 Å². The maximum atomic E-state index is 5.63. The standard InChI is InChI=1S/C11H18N2.C6H13N.2BrH.Pt/c1-12-7-8-13(10-12)9-11-5-3-2-4-6-11;7-6-4-2-1-3-5-6;;;/h7-8,11H,2-6,9H2,1H3;6H,1-5,7H2;2*1H;. The molecule has 0 aromatic carbocycles. The second kappa shape index (κ2) is 13.1. The molecule has 2 N–H and O–H groups in total. The minimum Gasteiger partial charge on any atom is -0.328 e. The van der Waals surface area contributed by atoms with Crippen LogP contribution in [0.15, 0.2) is 12.4 Å². The van der Waals surface area contributed by atoms with Crippen molar-refractivity contribution >= 4 is 34.0 Å². The van der Waals surface area contributed by atoms with E-state index in [9.17, 15) is 0 Å². The summed E-state index contributed by atoms with van der Waals surface area (Å²) < 4.78 is 5.91. The minimum absolute atomic E-state index is 0. The van der Waals surface area contributed by atoms with Crippen molar-refractivity contribution in [2.24, 2.45) is 18.7 Å². The molecule has 3 nitrogen and oxygen atoms in total. The van der Waals surface area contributed by atoms with E-state index < -0.39 is 0 Å². The van der Waals surface area contributed by atoms with E-state index in [0.29, 0.717) is 6.04 Å². The number of nitrogens with zero attached hydrogens (tertiary/aromatic N) is 2. The minimum atomic E-state index is 0. The Morgan fingerprint density at radius 2 is 1.48 bits per heavy atom. The topological polar surface area (TPSA) is 35.9 Å². The van der Waals surface area contributed by atoms with Crippen molar-refractivity contribution in [2.75, 3.05) is 0 Å². The van der Waals surface area contributed by atoms with Crippen LogP contribution in [0.4, 0.5) is 0 Å². The predicted molar refractivity (Wildman–Crippen MR) is 105 cm³/mol. The van der Waals surface area contributed by atoms with E-state index in [-0.39, 0.29) is 34.0 Å². The maximum Gasteiger partial charge on any atom is 0.00388 e. The van der Waals surface area contributed by atoms with Gasteiger partial charge in [0, 0.05) is 6.04 Å². The number of aryl methyl sites for hydroxylation is 1. The third kappa shape index (κ3) is 8.65. The Labute approximate surface area is 173 Å². The molecule has 0 atom stereocenters. The van der Waals surface area contributed by atoms with Gasteiger partial charge in [0.25, 0.3) is 0 Å². The van der Waals surface area contributed by atoms with Gasteiger partial charge in [0.2, 0.25) is 0 Å². The largest absolute Gasteiger partial charge is 0.328 e. The molecule has 23 heavy (non-hydrogen) atoms. The summed E-state index contributed by atoms with van der Waals surface area (Å²) >= 11 is 2.41. The number of hydrogen-bond acceptors (Lipinski definition) is 1. The van der Waals surface area contributed by atoms with E-state index in [2.05, 4.69) is 47.9 Å². The van der Waals surface area contributed by atoms with Gasteiger partial charge in [0.1, 0.15) is 0 Å². The molecular formula is C17H33Br2N3Pt. The fourth-order valence-corrected chi connectivity index (χ4v) is 3.96. The molecule has 0 radical (unpaired) electrons. The van der Waals surface area contributed by atoms with Gasteiger partial charge in [-0.1, -0.05) is 19.3 Å². The molecule has 2 aliphatic carbocycles. The molecule has 2 saturated carbocycles.